The highest BCUT2D eigenvalue weighted by atomic mass is 32.2. The van der Waals surface area contributed by atoms with E-state index in [2.05, 4.69) is 6.08 Å². The van der Waals surface area contributed by atoms with Gasteiger partial charge in [-0.15, -0.1) is 0 Å². The van der Waals surface area contributed by atoms with Crippen molar-refractivity contribution in [1.82, 2.24) is 0 Å². The second-order valence-electron chi connectivity index (χ2n) is 15.3. The number of hydrogen-bond acceptors (Lipinski definition) is 10. The molecule has 4 aliphatic carbocycles. The molecule has 0 N–H and O–H groups in total. The Morgan fingerprint density at radius 3 is 2.32 bits per heavy atom. The minimum absolute atomic E-state index is 0.0248. The van der Waals surface area contributed by atoms with Crippen molar-refractivity contribution in [2.75, 3.05) is 19.5 Å². The minimum Gasteiger partial charge on any atom is -0.748 e. The number of ether oxygens (including phenoxy) is 3. The molecule has 4 aliphatic rings. The molecule has 0 radical (unpaired) electrons. The van der Waals surface area contributed by atoms with E-state index in [9.17, 15) is 45.3 Å². The summed E-state index contributed by atoms with van der Waals surface area (Å²) < 4.78 is 90.3. The molecule has 0 amide bonds. The van der Waals surface area contributed by atoms with Crippen LogP contribution in [-0.2, 0) is 29.2 Å². The van der Waals surface area contributed by atoms with Crippen LogP contribution >= 0.6 is 10.5 Å². The monoisotopic (exact) mass is 815 g/mol. The molecule has 0 spiro atoms. The predicted molar refractivity (Wildman–Crippen MR) is 203 cm³/mol. The van der Waals surface area contributed by atoms with Crippen LogP contribution in [0.2, 0.25) is 0 Å². The van der Waals surface area contributed by atoms with E-state index in [1.807, 2.05) is 20.8 Å². The molecule has 0 saturated heterocycles. The van der Waals surface area contributed by atoms with Crippen LogP contribution in [0.15, 0.2) is 58.9 Å². The van der Waals surface area contributed by atoms with Crippen LogP contribution in [-0.4, -0.2) is 61.9 Å². The maximum absolute atomic E-state index is 13.5. The molecule has 2 aromatic carbocycles. The topological polar surface area (TPSA) is 153 Å². The Balaban J connectivity index is 0.000000295. The van der Waals surface area contributed by atoms with E-state index < -0.39 is 73.1 Å². The molecule has 1 aromatic heterocycles. The molecule has 3 saturated carbocycles. The summed E-state index contributed by atoms with van der Waals surface area (Å²) in [6.45, 7) is 5.24. The summed E-state index contributed by atoms with van der Waals surface area (Å²) in [7, 11) is -4.01. The number of Topliss-reactive ketones (excluding diaryl/α,β-unsaturated/α-hetero) is 1. The van der Waals surface area contributed by atoms with Crippen molar-refractivity contribution in [3.63, 3.8) is 0 Å². The highest BCUT2D eigenvalue weighted by molar-refractivity contribution is 7.85. The van der Waals surface area contributed by atoms with Gasteiger partial charge in [0, 0.05) is 36.1 Å². The normalized spacial score (nSPS) is 22.1. The number of benzene rings is 2. The number of ketones is 1. The van der Waals surface area contributed by atoms with Crippen LogP contribution in [0.5, 0.6) is 5.75 Å². The van der Waals surface area contributed by atoms with Crippen LogP contribution in [0.3, 0.4) is 0 Å². The van der Waals surface area contributed by atoms with Gasteiger partial charge in [0.15, 0.2) is 17.9 Å². The van der Waals surface area contributed by atoms with Gasteiger partial charge >= 0.3 is 18.1 Å². The average molecular weight is 816 g/mol. The van der Waals surface area contributed by atoms with Crippen LogP contribution in [0.25, 0.3) is 21.1 Å². The molecule has 2 bridgehead atoms. The largest absolute Gasteiger partial charge is 0.748 e. The molecule has 3 fully saturated rings. The quantitative estimate of drug-likeness (QED) is 0.0900. The van der Waals surface area contributed by atoms with Crippen molar-refractivity contribution >= 4 is 54.5 Å². The maximum Gasteiger partial charge on any atom is 0.443 e. The van der Waals surface area contributed by atoms with E-state index >= 15 is 0 Å². The number of allylic oxidation sites excluding steroid dienone is 2. The van der Waals surface area contributed by atoms with Gasteiger partial charge in [0.2, 0.25) is 9.60 Å². The third-order valence-electron chi connectivity index (χ3n) is 12.0. The van der Waals surface area contributed by atoms with Crippen LogP contribution in [0.1, 0.15) is 92.9 Å². The number of fused-ring (bicyclic) bond motifs is 4. The van der Waals surface area contributed by atoms with Gasteiger partial charge in [0.05, 0.1) is 45.1 Å². The maximum atomic E-state index is 13.5. The van der Waals surface area contributed by atoms with Gasteiger partial charge in [-0.25, -0.2) is 22.8 Å². The molecule has 1 heterocycles. The molecule has 298 valence electrons. The van der Waals surface area contributed by atoms with Crippen molar-refractivity contribution in [2.24, 2.45) is 16.7 Å². The smallest absolute Gasteiger partial charge is 0.443 e. The lowest BCUT2D eigenvalue weighted by Gasteiger charge is -2.37. The number of methoxy groups -OCH3 is 1. The molecule has 3 atom stereocenters. The molecule has 56 heavy (non-hydrogen) atoms. The summed E-state index contributed by atoms with van der Waals surface area (Å²) in [6.07, 6.45) is 5.85. The molecule has 15 heteroatoms. The SMILES string of the molecule is CC1(C)C2CCC1(CS(=O)(=O)[O-])C(=O)C2.CCC1(OC(=O)COC(=O)c2ccc(OC)c(-[s+]3c4c(c(=O)c5ccccc53)[C+]=C(C(F)(F)F)C=C4)c2)CCCC1. The summed E-state index contributed by atoms with van der Waals surface area (Å²) in [4.78, 5) is 51.4. The van der Waals surface area contributed by atoms with Crippen molar-refractivity contribution < 1.29 is 54.7 Å². The fraction of sp³-hybridized carbons (Fsp3) is 0.463. The van der Waals surface area contributed by atoms with Gasteiger partial charge in [-0.05, 0) is 74.5 Å². The number of carbonyl (C=O) groups is 3. The van der Waals surface area contributed by atoms with E-state index in [-0.39, 0.29) is 33.6 Å². The van der Waals surface area contributed by atoms with Crippen molar-refractivity contribution in [2.45, 2.75) is 83.9 Å². The zero-order chi connectivity index (χ0) is 40.8. The third kappa shape index (κ3) is 7.66. The van der Waals surface area contributed by atoms with Crippen LogP contribution < -0.4 is 10.2 Å². The number of hydrogen-bond donors (Lipinski definition) is 0. The van der Waals surface area contributed by atoms with Gasteiger partial charge in [-0.2, -0.15) is 13.2 Å². The summed E-state index contributed by atoms with van der Waals surface area (Å²) in [5, 5.41) is 0.244. The zero-order valence-electron chi connectivity index (χ0n) is 31.4. The second kappa shape index (κ2) is 15.1. The standard InChI is InChI=1S/C31H27F3O6S.C10H16O4S/c1-3-30(14-6-7-15-30)40-27(35)18-39-29(37)19-10-12-23(38-2)26(16-19)41-24-9-5-4-8-21(24)28(36)22-17-20(31(32,33)34)11-13-25(22)41;1-9(2)7-3-4-10(9,8(11)5-7)6-15(12,13)14/h4-5,8-13,16H,3,6-7,14-15,18H2,1-2H3;7H,3-6H2,1-2H3,(H,12,13,14)/q+2;/p-1. The Labute approximate surface area is 325 Å². The zero-order valence-corrected chi connectivity index (χ0v) is 33.0. The van der Waals surface area contributed by atoms with Gasteiger partial charge < -0.3 is 18.8 Å². The first kappa shape index (κ1) is 41.2. The first-order valence-corrected chi connectivity index (χ1v) is 21.1. The van der Waals surface area contributed by atoms with Crippen molar-refractivity contribution in [1.29, 1.82) is 0 Å². The number of rotatable bonds is 9. The van der Waals surface area contributed by atoms with Gasteiger partial charge in [-0.1, -0.05) is 32.9 Å². The molecular formula is C41H42F3O10S2+. The fourth-order valence-corrected chi connectivity index (χ4v) is 12.4. The van der Waals surface area contributed by atoms with E-state index in [1.54, 1.807) is 30.3 Å². The Morgan fingerprint density at radius 2 is 1.73 bits per heavy atom. The summed E-state index contributed by atoms with van der Waals surface area (Å²) >= 11 is 0. The summed E-state index contributed by atoms with van der Waals surface area (Å²) in [6, 6.07) is 11.2. The third-order valence-corrected chi connectivity index (χ3v) is 15.2. The number of halogens is 3. The molecule has 10 nitrogen and oxygen atoms in total. The van der Waals surface area contributed by atoms with Gasteiger partial charge in [-0.3, -0.25) is 4.79 Å². The highest BCUT2D eigenvalue weighted by Crippen LogP contribution is 2.64. The predicted octanol–water partition coefficient (Wildman–Crippen LogP) is 7.96. The van der Waals surface area contributed by atoms with E-state index in [0.717, 1.165) is 38.2 Å². The lowest BCUT2D eigenvalue weighted by atomic mass is 9.70. The van der Waals surface area contributed by atoms with Crippen molar-refractivity contribution in [3.05, 3.63) is 86.4 Å². The molecule has 0 aliphatic heterocycles. The average Bonchev–Trinajstić information content (AvgIpc) is 3.76. The molecule has 3 aromatic rings. The van der Waals surface area contributed by atoms with Crippen LogP contribution in [0.4, 0.5) is 13.2 Å². The van der Waals surface area contributed by atoms with Crippen molar-refractivity contribution in [3.8, 4) is 10.6 Å². The van der Waals surface area contributed by atoms with Gasteiger partial charge in [0.1, 0.15) is 16.8 Å². The van der Waals surface area contributed by atoms with Gasteiger partial charge in [0.25, 0.3) is 15.9 Å². The molecule has 3 unspecified atom stereocenters. The van der Waals surface area contributed by atoms with E-state index in [4.69, 9.17) is 14.2 Å². The Bertz CT molecular complexity index is 2320. The first-order chi connectivity index (χ1) is 26.3. The lowest BCUT2D eigenvalue weighted by Crippen LogP contribution is -2.42. The number of alkyl halides is 3. The highest BCUT2D eigenvalue weighted by Gasteiger charge is 2.64. The summed E-state index contributed by atoms with van der Waals surface area (Å²) in [5.41, 5.74) is -3.42. The lowest BCUT2D eigenvalue weighted by molar-refractivity contribution is -0.163. The number of carbonyl (C=O) groups excluding carboxylic acids is 3. The fourth-order valence-electron chi connectivity index (χ4n) is 8.71. The Morgan fingerprint density at radius 1 is 1.04 bits per heavy atom. The summed E-state index contributed by atoms with van der Waals surface area (Å²) in [5.74, 6) is -1.31. The first-order valence-electron chi connectivity index (χ1n) is 18.3. The molecular weight excluding hydrogens is 774 g/mol. The molecule has 7 rings (SSSR count). The number of esters is 2. The minimum atomic E-state index is -4.68. The van der Waals surface area contributed by atoms with E-state index in [0.29, 0.717) is 39.5 Å². The Hall–Kier alpha value is -4.43. The Kier molecular flexibility index (Phi) is 11.1. The van der Waals surface area contributed by atoms with E-state index in [1.165, 1.54) is 25.3 Å². The van der Waals surface area contributed by atoms with Crippen LogP contribution in [0, 0.1) is 22.8 Å². The second-order valence-corrected chi connectivity index (χ2v) is 18.6.